The van der Waals surface area contributed by atoms with Gasteiger partial charge in [-0.1, -0.05) is 31.4 Å². The van der Waals surface area contributed by atoms with Crippen molar-refractivity contribution >= 4 is 23.7 Å². The first-order valence-corrected chi connectivity index (χ1v) is 9.02. The first-order valence-electron chi connectivity index (χ1n) is 9.02. The zero-order valence-electron chi connectivity index (χ0n) is 14.7. The van der Waals surface area contributed by atoms with Gasteiger partial charge in [0.05, 0.1) is 12.0 Å². The molecule has 0 radical (unpaired) electrons. The number of carboxylic acids is 1. The van der Waals surface area contributed by atoms with Crippen LogP contribution in [0.3, 0.4) is 0 Å². The molecular formula is C19H24N2O5. The van der Waals surface area contributed by atoms with Gasteiger partial charge in [-0.05, 0) is 30.5 Å². The molecule has 2 fully saturated rings. The van der Waals surface area contributed by atoms with E-state index in [0.29, 0.717) is 38.2 Å². The number of hydrogen-bond donors (Lipinski definition) is 2. The molecule has 1 aromatic rings. The van der Waals surface area contributed by atoms with E-state index in [1.165, 1.54) is 0 Å². The predicted molar refractivity (Wildman–Crippen MR) is 94.6 cm³/mol. The number of amides is 2. The number of carboxylic acid groups (broad SMARTS) is 1. The molecule has 1 aliphatic heterocycles. The normalized spacial score (nSPS) is 19.1. The Morgan fingerprint density at radius 2 is 1.85 bits per heavy atom. The van der Waals surface area contributed by atoms with Crippen LogP contribution in [0.25, 0.3) is 0 Å². The number of nitrogens with one attached hydrogen (secondary N) is 1. The maximum Gasteiger partial charge on any atom is 0.410 e. The second kappa shape index (κ2) is 7.76. The first-order chi connectivity index (χ1) is 12.5. The van der Waals surface area contributed by atoms with Gasteiger partial charge in [-0.15, -0.1) is 0 Å². The summed E-state index contributed by atoms with van der Waals surface area (Å²) in [7, 11) is 0. The number of benzene rings is 1. The fourth-order valence-corrected chi connectivity index (χ4v) is 3.69. The summed E-state index contributed by atoms with van der Waals surface area (Å²) in [5, 5.41) is 12.4. The Morgan fingerprint density at radius 3 is 2.42 bits per heavy atom. The lowest BCUT2D eigenvalue weighted by molar-refractivity contribution is -0.153. The van der Waals surface area contributed by atoms with Crippen LogP contribution < -0.4 is 5.32 Å². The van der Waals surface area contributed by atoms with Crippen LogP contribution in [0.5, 0.6) is 0 Å². The molecule has 0 unspecified atom stereocenters. The number of rotatable bonds is 6. The molecule has 3 rings (SSSR count). The molecule has 26 heavy (non-hydrogen) atoms. The van der Waals surface area contributed by atoms with E-state index in [1.54, 1.807) is 17.0 Å². The Labute approximate surface area is 152 Å². The lowest BCUT2D eigenvalue weighted by atomic mass is 9.71. The van der Waals surface area contributed by atoms with E-state index >= 15 is 0 Å². The molecule has 1 saturated heterocycles. The molecule has 7 nitrogen and oxygen atoms in total. The van der Waals surface area contributed by atoms with Crippen molar-refractivity contribution in [2.45, 2.75) is 45.1 Å². The van der Waals surface area contributed by atoms with Crippen LogP contribution in [-0.2, 0) is 20.9 Å². The van der Waals surface area contributed by atoms with Gasteiger partial charge in [0.25, 0.3) is 0 Å². The molecule has 0 bridgehead atoms. The van der Waals surface area contributed by atoms with Gasteiger partial charge >= 0.3 is 12.1 Å². The zero-order valence-corrected chi connectivity index (χ0v) is 14.7. The second-order valence-corrected chi connectivity index (χ2v) is 7.10. The topological polar surface area (TPSA) is 95.9 Å². The summed E-state index contributed by atoms with van der Waals surface area (Å²) in [6, 6.07) is 7.22. The van der Waals surface area contributed by atoms with Crippen LogP contribution in [-0.4, -0.2) is 41.1 Å². The van der Waals surface area contributed by atoms with Gasteiger partial charge in [0.15, 0.2) is 0 Å². The number of cyclic esters (lactones) is 1. The van der Waals surface area contributed by atoms with Gasteiger partial charge in [0.2, 0.25) is 5.91 Å². The predicted octanol–water partition coefficient (Wildman–Crippen LogP) is 3.00. The van der Waals surface area contributed by atoms with E-state index in [2.05, 4.69) is 5.32 Å². The Bertz CT molecular complexity index is 680. The monoisotopic (exact) mass is 360 g/mol. The first kappa shape index (κ1) is 18.2. The number of carbonyl (C=O) groups is 3. The van der Waals surface area contributed by atoms with Crippen LogP contribution in [0, 0.1) is 5.41 Å². The number of ether oxygens (including phenoxy) is 1. The zero-order chi connectivity index (χ0) is 18.6. The maximum absolute atomic E-state index is 12.4. The average molecular weight is 360 g/mol. The van der Waals surface area contributed by atoms with Gasteiger partial charge in [-0.3, -0.25) is 9.59 Å². The Morgan fingerprint density at radius 1 is 1.15 bits per heavy atom. The van der Waals surface area contributed by atoms with Crippen molar-refractivity contribution in [1.82, 2.24) is 4.90 Å². The van der Waals surface area contributed by atoms with Gasteiger partial charge in [-0.25, -0.2) is 4.79 Å². The Balaban J connectivity index is 1.57. The van der Waals surface area contributed by atoms with Crippen molar-refractivity contribution in [2.75, 3.05) is 18.5 Å². The highest BCUT2D eigenvalue weighted by Crippen LogP contribution is 2.39. The molecule has 2 amide bonds. The van der Waals surface area contributed by atoms with E-state index < -0.39 is 11.4 Å². The van der Waals surface area contributed by atoms with Crippen molar-refractivity contribution in [1.29, 1.82) is 0 Å². The highest BCUT2D eigenvalue weighted by molar-refractivity contribution is 5.94. The standard InChI is InChI=1S/C19H24N2O5/c22-16(12-19(17(23)24)8-2-1-3-9-19)20-15-6-4-14(5-7-15)13-21-10-11-26-18(21)25/h4-7H,1-3,8-13H2,(H,20,22)(H,23,24). The van der Waals surface area contributed by atoms with Gasteiger partial charge in [0, 0.05) is 18.7 Å². The summed E-state index contributed by atoms with van der Waals surface area (Å²) in [5.74, 6) is -1.15. The highest BCUT2D eigenvalue weighted by Gasteiger charge is 2.41. The SMILES string of the molecule is O=C(CC1(C(=O)O)CCCCC1)Nc1ccc(CN2CCOC2=O)cc1. The van der Waals surface area contributed by atoms with Gasteiger partial charge in [0.1, 0.15) is 6.61 Å². The molecule has 2 N–H and O–H groups in total. The van der Waals surface area contributed by atoms with E-state index in [-0.39, 0.29) is 18.4 Å². The number of nitrogens with zero attached hydrogens (tertiary/aromatic N) is 1. The van der Waals surface area contributed by atoms with Crippen LogP contribution in [0.4, 0.5) is 10.5 Å². The van der Waals surface area contributed by atoms with E-state index in [1.807, 2.05) is 12.1 Å². The van der Waals surface area contributed by atoms with E-state index in [0.717, 1.165) is 24.8 Å². The van der Waals surface area contributed by atoms with E-state index in [9.17, 15) is 19.5 Å². The van der Waals surface area contributed by atoms with Crippen molar-refractivity contribution < 1.29 is 24.2 Å². The molecule has 1 aromatic carbocycles. The van der Waals surface area contributed by atoms with Crippen LogP contribution >= 0.6 is 0 Å². The summed E-state index contributed by atoms with van der Waals surface area (Å²) < 4.78 is 4.90. The number of anilines is 1. The molecular weight excluding hydrogens is 336 g/mol. The Kier molecular flexibility index (Phi) is 5.44. The van der Waals surface area contributed by atoms with Crippen molar-refractivity contribution in [2.24, 2.45) is 5.41 Å². The van der Waals surface area contributed by atoms with Crippen molar-refractivity contribution in [3.63, 3.8) is 0 Å². The van der Waals surface area contributed by atoms with Crippen molar-refractivity contribution in [3.05, 3.63) is 29.8 Å². The second-order valence-electron chi connectivity index (χ2n) is 7.10. The third kappa shape index (κ3) is 4.15. The molecule has 1 saturated carbocycles. The fraction of sp³-hybridized carbons (Fsp3) is 0.526. The molecule has 7 heteroatoms. The molecule has 2 aliphatic rings. The number of hydrogen-bond acceptors (Lipinski definition) is 4. The number of aliphatic carboxylic acids is 1. The fourth-order valence-electron chi connectivity index (χ4n) is 3.69. The van der Waals surface area contributed by atoms with Crippen molar-refractivity contribution in [3.8, 4) is 0 Å². The summed E-state index contributed by atoms with van der Waals surface area (Å²) in [6.07, 6.45) is 3.54. The number of carbonyl (C=O) groups excluding carboxylic acids is 2. The third-order valence-corrected chi connectivity index (χ3v) is 5.22. The summed E-state index contributed by atoms with van der Waals surface area (Å²) >= 11 is 0. The highest BCUT2D eigenvalue weighted by atomic mass is 16.6. The molecule has 0 spiro atoms. The van der Waals surface area contributed by atoms with E-state index in [4.69, 9.17) is 4.74 Å². The lowest BCUT2D eigenvalue weighted by Gasteiger charge is -2.32. The lowest BCUT2D eigenvalue weighted by Crippen LogP contribution is -2.37. The Hall–Kier alpha value is -2.57. The van der Waals surface area contributed by atoms with Crippen LogP contribution in [0.2, 0.25) is 0 Å². The minimum Gasteiger partial charge on any atom is -0.481 e. The smallest absolute Gasteiger partial charge is 0.410 e. The summed E-state index contributed by atoms with van der Waals surface area (Å²) in [5.41, 5.74) is 0.633. The summed E-state index contributed by atoms with van der Waals surface area (Å²) in [4.78, 5) is 37.1. The molecule has 1 aliphatic carbocycles. The van der Waals surface area contributed by atoms with Gasteiger partial charge < -0.3 is 20.1 Å². The largest absolute Gasteiger partial charge is 0.481 e. The minimum absolute atomic E-state index is 0.00367. The van der Waals surface area contributed by atoms with Crippen LogP contribution in [0.15, 0.2) is 24.3 Å². The minimum atomic E-state index is -0.932. The molecule has 0 aromatic heterocycles. The van der Waals surface area contributed by atoms with Gasteiger partial charge in [-0.2, -0.15) is 0 Å². The third-order valence-electron chi connectivity index (χ3n) is 5.22. The quantitative estimate of drug-likeness (QED) is 0.813. The molecule has 1 heterocycles. The molecule has 0 atom stereocenters. The molecule has 140 valence electrons. The average Bonchev–Trinajstić information content (AvgIpc) is 3.02. The summed E-state index contributed by atoms with van der Waals surface area (Å²) in [6.45, 7) is 1.46. The van der Waals surface area contributed by atoms with Crippen LogP contribution in [0.1, 0.15) is 44.1 Å². The maximum atomic E-state index is 12.4.